The van der Waals surface area contributed by atoms with Crippen molar-refractivity contribution in [1.82, 2.24) is 0 Å². The Kier molecular flexibility index (Phi) is 10.6. The number of hydrogen-bond donors (Lipinski definition) is 0. The largest absolute Gasteiger partial charge is 0.180 e. The second kappa shape index (κ2) is 5.47. The minimum absolute atomic E-state index is 0. The van der Waals surface area contributed by atoms with Crippen LogP contribution >= 0.6 is 34.8 Å². The maximum Gasteiger partial charge on any atom is 0.180 e. The van der Waals surface area contributed by atoms with Crippen LogP contribution in [-0.2, 0) is 0 Å². The molecule has 1 radical (unpaired) electrons. The van der Waals surface area contributed by atoms with Crippen molar-refractivity contribution in [3.8, 4) is 0 Å². The molecule has 0 atom stereocenters. The average molecular weight is 126 g/mol. The van der Waals surface area contributed by atoms with Crippen molar-refractivity contribution in [1.29, 1.82) is 0 Å². The third-order valence-corrected chi connectivity index (χ3v) is 0. The third-order valence-electron chi connectivity index (χ3n) is 0. The van der Waals surface area contributed by atoms with Gasteiger partial charge in [-0.1, -0.05) is 34.8 Å². The first-order chi connectivity index (χ1) is 1.73. The van der Waals surface area contributed by atoms with Crippen molar-refractivity contribution in [2.24, 2.45) is 0 Å². The molecule has 0 unspecified atom stereocenters. The molecule has 0 bridgehead atoms. The van der Waals surface area contributed by atoms with Gasteiger partial charge in [-0.05, 0) is 0 Å². The normalized spacial score (nSPS) is 7.20. The van der Waals surface area contributed by atoms with Gasteiger partial charge < -0.3 is 0 Å². The van der Waals surface area contributed by atoms with Crippen molar-refractivity contribution >= 4 is 53.7 Å². The third kappa shape index (κ3) is 30.5. The van der Waals surface area contributed by atoms with Crippen molar-refractivity contribution in [2.75, 3.05) is 0 Å². The average Bonchev–Trinajstić information content (AvgIpc) is 0.811. The van der Waals surface area contributed by atoms with Gasteiger partial charge in [0.15, 0.2) is 4.30 Å². The summed E-state index contributed by atoms with van der Waals surface area (Å²) in [7, 11) is 0. The molecule has 0 aliphatic heterocycles. The molecule has 0 aliphatic carbocycles. The van der Waals surface area contributed by atoms with Crippen LogP contribution in [0.25, 0.3) is 0 Å². The number of alkyl halides is 3. The molecule has 0 spiro atoms. The maximum atomic E-state index is 4.81. The van der Waals surface area contributed by atoms with E-state index in [2.05, 4.69) is 0 Å². The van der Waals surface area contributed by atoms with Gasteiger partial charge in [-0.3, -0.25) is 0 Å². The predicted molar refractivity (Wildman–Crippen MR) is 27.1 cm³/mol. The Morgan fingerprint density at radius 1 is 1.00 bits per heavy atom. The summed E-state index contributed by atoms with van der Waals surface area (Å²) in [6.07, 6.45) is 0. The topological polar surface area (TPSA) is 0 Å². The molecule has 0 aromatic heterocycles. The predicted octanol–water partition coefficient (Wildman–Crippen LogP) is 1.61. The van der Waals surface area contributed by atoms with Crippen LogP contribution in [0.15, 0.2) is 0 Å². The van der Waals surface area contributed by atoms with Crippen LogP contribution in [0.5, 0.6) is 0 Å². The van der Waals surface area contributed by atoms with E-state index < -0.39 is 4.30 Å². The van der Waals surface area contributed by atoms with Crippen LogP contribution < -0.4 is 0 Å². The van der Waals surface area contributed by atoms with Crippen LogP contribution in [-0.4, -0.2) is 23.2 Å². The van der Waals surface area contributed by atoms with Gasteiger partial charge in [0.25, 0.3) is 0 Å². The molecule has 0 nitrogen and oxygen atoms in total. The summed E-state index contributed by atoms with van der Waals surface area (Å²) in [5.74, 6) is 0. The van der Waals surface area contributed by atoms with E-state index in [1.165, 1.54) is 0 Å². The second-order valence-corrected chi connectivity index (χ2v) is 2.23. The zero-order chi connectivity index (χ0) is 3.58. The van der Waals surface area contributed by atoms with Gasteiger partial charge in [-0.15, -0.1) is 0 Å². The monoisotopic (exact) mass is 125 g/mol. The van der Waals surface area contributed by atoms with Gasteiger partial charge in [0.05, 0.1) is 0 Å². The molecule has 5 heavy (non-hydrogen) atoms. The van der Waals surface area contributed by atoms with E-state index >= 15 is 0 Å². The summed E-state index contributed by atoms with van der Waals surface area (Å²) >= 11 is 14.4. The molecule has 0 saturated carbocycles. The Morgan fingerprint density at radius 3 is 1.00 bits per heavy atom. The first-order valence-corrected chi connectivity index (χ1v) is 1.96. The molecular formula is CHCl3Li. The van der Waals surface area contributed by atoms with E-state index in [0.717, 1.165) is 0 Å². The van der Waals surface area contributed by atoms with Gasteiger partial charge in [0.2, 0.25) is 0 Å². The smallest absolute Gasteiger partial charge is 0.0874 e. The van der Waals surface area contributed by atoms with E-state index in [9.17, 15) is 0 Å². The molecule has 4 heteroatoms. The Morgan fingerprint density at radius 2 is 1.00 bits per heavy atom. The second-order valence-electron chi connectivity index (χ2n) is 0.247. The Labute approximate surface area is 57.9 Å². The summed E-state index contributed by atoms with van der Waals surface area (Å²) in [6.45, 7) is 0. The molecule has 0 aromatic rings. The molecular weight excluding hydrogens is 125 g/mol. The minimum Gasteiger partial charge on any atom is -0.0874 e. The summed E-state index contributed by atoms with van der Waals surface area (Å²) in [5.41, 5.74) is 0. The Balaban J connectivity index is 0. The molecule has 27 valence electrons. The van der Waals surface area contributed by atoms with E-state index in [1.54, 1.807) is 0 Å². The molecule has 0 aliphatic rings. The van der Waals surface area contributed by atoms with Gasteiger partial charge >= 0.3 is 0 Å². The Bertz CT molecular complexity index is 11.6. The van der Waals surface area contributed by atoms with Crippen molar-refractivity contribution < 1.29 is 0 Å². The SMILES string of the molecule is ClC(Cl)Cl.[Li]. The minimum atomic E-state index is -0.750. The number of hydrogen-bond acceptors (Lipinski definition) is 0. The zero-order valence-electron chi connectivity index (χ0n) is 2.71. The molecule has 0 aromatic carbocycles. The fourth-order valence-corrected chi connectivity index (χ4v) is 0. The maximum absolute atomic E-state index is 4.81. The van der Waals surface area contributed by atoms with Gasteiger partial charge in [0, 0.05) is 18.9 Å². The molecule has 0 heterocycles. The molecule has 0 rings (SSSR count). The van der Waals surface area contributed by atoms with Crippen LogP contribution in [0.4, 0.5) is 0 Å². The molecule has 0 saturated heterocycles. The van der Waals surface area contributed by atoms with Gasteiger partial charge in [-0.2, -0.15) is 0 Å². The quantitative estimate of drug-likeness (QED) is 0.342. The first-order valence-electron chi connectivity index (χ1n) is 0.655. The van der Waals surface area contributed by atoms with Crippen LogP contribution in [0.3, 0.4) is 0 Å². The fraction of sp³-hybridized carbons (Fsp3) is 1.00. The van der Waals surface area contributed by atoms with Crippen LogP contribution in [0, 0.1) is 0 Å². The van der Waals surface area contributed by atoms with E-state index in [-0.39, 0.29) is 18.9 Å². The molecule has 0 amide bonds. The zero-order valence-corrected chi connectivity index (χ0v) is 4.98. The number of halogens is 3. The summed E-state index contributed by atoms with van der Waals surface area (Å²) in [6, 6.07) is 0. The van der Waals surface area contributed by atoms with Crippen molar-refractivity contribution in [3.63, 3.8) is 0 Å². The van der Waals surface area contributed by atoms with E-state index in [0.29, 0.717) is 0 Å². The van der Waals surface area contributed by atoms with Crippen LogP contribution in [0.2, 0.25) is 0 Å². The summed E-state index contributed by atoms with van der Waals surface area (Å²) in [4.78, 5) is 0. The van der Waals surface area contributed by atoms with Crippen molar-refractivity contribution in [2.45, 2.75) is 4.30 Å². The van der Waals surface area contributed by atoms with E-state index in [1.807, 2.05) is 0 Å². The summed E-state index contributed by atoms with van der Waals surface area (Å²) in [5, 5.41) is 0. The fourth-order valence-electron chi connectivity index (χ4n) is 0. The standard InChI is InChI=1S/CHCl3.Li/c2-1(3)4;/h1H;. The molecule has 0 N–H and O–H groups in total. The number of rotatable bonds is 0. The van der Waals surface area contributed by atoms with Gasteiger partial charge in [0.1, 0.15) is 0 Å². The molecule has 0 fully saturated rings. The van der Waals surface area contributed by atoms with Crippen LogP contribution in [0.1, 0.15) is 0 Å². The first kappa shape index (κ1) is 9.69. The van der Waals surface area contributed by atoms with Crippen molar-refractivity contribution in [3.05, 3.63) is 0 Å². The Hall–Kier alpha value is 1.47. The van der Waals surface area contributed by atoms with Gasteiger partial charge in [-0.25, -0.2) is 0 Å². The van der Waals surface area contributed by atoms with E-state index in [4.69, 9.17) is 34.8 Å². The summed E-state index contributed by atoms with van der Waals surface area (Å²) < 4.78 is -0.750.